The van der Waals surface area contributed by atoms with E-state index >= 15 is 0 Å². The summed E-state index contributed by atoms with van der Waals surface area (Å²) in [7, 11) is 0. The van der Waals surface area contributed by atoms with E-state index in [9.17, 15) is 4.79 Å². The summed E-state index contributed by atoms with van der Waals surface area (Å²) in [6, 6.07) is 14.4. The van der Waals surface area contributed by atoms with Crippen molar-refractivity contribution in [1.29, 1.82) is 0 Å². The number of anilines is 2. The van der Waals surface area contributed by atoms with E-state index in [4.69, 9.17) is 23.2 Å². The number of hydrogen-bond acceptors (Lipinski definition) is 5. The van der Waals surface area contributed by atoms with E-state index in [0.29, 0.717) is 21.6 Å². The molecule has 8 heteroatoms. The molecule has 0 spiro atoms. The monoisotopic (exact) mass is 361 g/mol. The van der Waals surface area contributed by atoms with Gasteiger partial charge in [0.1, 0.15) is 5.82 Å². The summed E-state index contributed by atoms with van der Waals surface area (Å²) < 4.78 is 1.28. The summed E-state index contributed by atoms with van der Waals surface area (Å²) in [6.45, 7) is 1.68. The standard InChI is InChI=1S/C16H13Cl2N5O/c1-10-19-15(22-21-11-6-3-2-4-7-11)20-16(24)23(10)14-12(17)8-5-9-13(14)18/h2-9,21H,1H3,(H,20,22,24). The molecule has 0 amide bonds. The Morgan fingerprint density at radius 3 is 2.21 bits per heavy atom. The van der Waals surface area contributed by atoms with Gasteiger partial charge < -0.3 is 0 Å². The summed E-state index contributed by atoms with van der Waals surface area (Å²) in [5, 5.41) is 0.693. The molecule has 0 aliphatic carbocycles. The van der Waals surface area contributed by atoms with Crippen molar-refractivity contribution in [2.45, 2.75) is 6.92 Å². The molecular formula is C16H13Cl2N5O. The molecule has 0 bridgehead atoms. The van der Waals surface area contributed by atoms with Crippen molar-refractivity contribution in [2.24, 2.45) is 0 Å². The third-order valence-corrected chi connectivity index (χ3v) is 3.85. The van der Waals surface area contributed by atoms with Crippen molar-refractivity contribution < 1.29 is 0 Å². The molecule has 0 fully saturated rings. The molecule has 0 aliphatic heterocycles. The number of benzene rings is 2. The average Bonchev–Trinajstić information content (AvgIpc) is 2.56. The Morgan fingerprint density at radius 2 is 1.58 bits per heavy atom. The molecular weight excluding hydrogens is 349 g/mol. The fourth-order valence-corrected chi connectivity index (χ4v) is 2.74. The van der Waals surface area contributed by atoms with Crippen molar-refractivity contribution in [1.82, 2.24) is 14.5 Å². The molecule has 0 saturated heterocycles. The van der Waals surface area contributed by atoms with E-state index in [1.165, 1.54) is 4.57 Å². The minimum atomic E-state index is -0.533. The summed E-state index contributed by atoms with van der Waals surface area (Å²) in [4.78, 5) is 20.6. The van der Waals surface area contributed by atoms with Crippen molar-refractivity contribution in [3.8, 4) is 5.69 Å². The highest BCUT2D eigenvalue weighted by atomic mass is 35.5. The second-order valence-electron chi connectivity index (χ2n) is 4.90. The van der Waals surface area contributed by atoms with E-state index in [1.54, 1.807) is 25.1 Å². The highest BCUT2D eigenvalue weighted by Crippen LogP contribution is 2.27. The quantitative estimate of drug-likeness (QED) is 0.693. The van der Waals surface area contributed by atoms with Crippen LogP contribution < -0.4 is 16.5 Å². The maximum absolute atomic E-state index is 12.4. The fraction of sp³-hybridized carbons (Fsp3) is 0.0625. The molecule has 3 aromatic rings. The topological polar surface area (TPSA) is 71.8 Å². The SMILES string of the molecule is Cc1nc(NNc2ccccc2)nc(=O)n1-c1c(Cl)cccc1Cl. The first-order valence-electron chi connectivity index (χ1n) is 7.05. The van der Waals surface area contributed by atoms with Gasteiger partial charge in [-0.3, -0.25) is 10.9 Å². The zero-order chi connectivity index (χ0) is 17.1. The van der Waals surface area contributed by atoms with Crippen molar-refractivity contribution in [2.75, 3.05) is 10.9 Å². The minimum Gasteiger partial charge on any atom is -0.298 e. The van der Waals surface area contributed by atoms with Gasteiger partial charge in [-0.25, -0.2) is 9.36 Å². The van der Waals surface area contributed by atoms with E-state index < -0.39 is 5.69 Å². The van der Waals surface area contributed by atoms with Gasteiger partial charge in [0.2, 0.25) is 5.95 Å². The van der Waals surface area contributed by atoms with Crippen LogP contribution in [0.4, 0.5) is 11.6 Å². The zero-order valence-corrected chi connectivity index (χ0v) is 14.1. The second-order valence-corrected chi connectivity index (χ2v) is 5.71. The summed E-state index contributed by atoms with van der Waals surface area (Å²) in [5.41, 5.74) is 6.37. The van der Waals surface area contributed by atoms with Gasteiger partial charge in [-0.15, -0.1) is 0 Å². The van der Waals surface area contributed by atoms with Gasteiger partial charge in [-0.1, -0.05) is 47.5 Å². The van der Waals surface area contributed by atoms with Crippen LogP contribution in [-0.4, -0.2) is 14.5 Å². The Balaban J connectivity index is 1.94. The first kappa shape index (κ1) is 16.3. The van der Waals surface area contributed by atoms with Crippen LogP contribution >= 0.6 is 23.2 Å². The lowest BCUT2D eigenvalue weighted by atomic mass is 10.3. The van der Waals surface area contributed by atoms with Gasteiger partial charge in [0.05, 0.1) is 21.4 Å². The summed E-state index contributed by atoms with van der Waals surface area (Å²) in [6.07, 6.45) is 0. The highest BCUT2D eigenvalue weighted by molar-refractivity contribution is 6.37. The van der Waals surface area contributed by atoms with Crippen LogP contribution in [0.3, 0.4) is 0 Å². The third kappa shape index (κ3) is 3.34. The largest absolute Gasteiger partial charge is 0.357 e. The van der Waals surface area contributed by atoms with Gasteiger partial charge in [0.25, 0.3) is 0 Å². The molecule has 24 heavy (non-hydrogen) atoms. The average molecular weight is 362 g/mol. The number of para-hydroxylation sites is 2. The Bertz CT molecular complexity index is 907. The molecule has 1 aromatic heterocycles. The van der Waals surface area contributed by atoms with Gasteiger partial charge in [0, 0.05) is 0 Å². The smallest absolute Gasteiger partial charge is 0.298 e. The van der Waals surface area contributed by atoms with Crippen molar-refractivity contribution >= 4 is 34.8 Å². The number of nitrogens with one attached hydrogen (secondary N) is 2. The van der Waals surface area contributed by atoms with E-state index in [1.807, 2.05) is 30.3 Å². The van der Waals surface area contributed by atoms with Gasteiger partial charge in [-0.2, -0.15) is 9.97 Å². The normalized spacial score (nSPS) is 10.5. The maximum atomic E-state index is 12.4. The number of hydrogen-bond donors (Lipinski definition) is 2. The van der Waals surface area contributed by atoms with Gasteiger partial charge in [-0.05, 0) is 31.2 Å². The molecule has 2 N–H and O–H groups in total. The number of halogens is 2. The third-order valence-electron chi connectivity index (χ3n) is 3.24. The van der Waals surface area contributed by atoms with Crippen LogP contribution in [0.1, 0.15) is 5.82 Å². The van der Waals surface area contributed by atoms with E-state index in [2.05, 4.69) is 20.8 Å². The van der Waals surface area contributed by atoms with Gasteiger partial charge >= 0.3 is 5.69 Å². The Morgan fingerprint density at radius 1 is 0.917 bits per heavy atom. The minimum absolute atomic E-state index is 0.153. The molecule has 0 aliphatic rings. The van der Waals surface area contributed by atoms with Crippen LogP contribution in [0.5, 0.6) is 0 Å². The molecule has 6 nitrogen and oxygen atoms in total. The zero-order valence-electron chi connectivity index (χ0n) is 12.6. The molecule has 0 atom stereocenters. The summed E-state index contributed by atoms with van der Waals surface area (Å²) in [5.74, 6) is 0.558. The maximum Gasteiger partial charge on any atom is 0.357 e. The Kier molecular flexibility index (Phi) is 4.69. The molecule has 0 unspecified atom stereocenters. The number of hydrazine groups is 1. The van der Waals surface area contributed by atoms with Crippen LogP contribution in [0.25, 0.3) is 5.69 Å². The second kappa shape index (κ2) is 6.90. The van der Waals surface area contributed by atoms with Crippen LogP contribution in [0.2, 0.25) is 10.0 Å². The fourth-order valence-electron chi connectivity index (χ4n) is 2.17. The van der Waals surface area contributed by atoms with E-state index in [0.717, 1.165) is 5.69 Å². The predicted molar refractivity (Wildman–Crippen MR) is 96.1 cm³/mol. The first-order valence-corrected chi connectivity index (χ1v) is 7.81. The van der Waals surface area contributed by atoms with Crippen molar-refractivity contribution in [3.05, 3.63) is 74.9 Å². The highest BCUT2D eigenvalue weighted by Gasteiger charge is 2.14. The number of aryl methyl sites for hydroxylation is 1. The van der Waals surface area contributed by atoms with Crippen molar-refractivity contribution in [3.63, 3.8) is 0 Å². The number of nitrogens with zero attached hydrogens (tertiary/aromatic N) is 3. The molecule has 0 radical (unpaired) electrons. The number of aromatic nitrogens is 3. The lowest BCUT2D eigenvalue weighted by Gasteiger charge is -2.14. The molecule has 3 rings (SSSR count). The lowest BCUT2D eigenvalue weighted by Crippen LogP contribution is -2.28. The van der Waals surface area contributed by atoms with Gasteiger partial charge in [0.15, 0.2) is 0 Å². The molecule has 122 valence electrons. The molecule has 0 saturated carbocycles. The predicted octanol–water partition coefficient (Wildman–Crippen LogP) is 3.68. The molecule has 2 aromatic carbocycles. The Hall–Kier alpha value is -2.57. The molecule has 1 heterocycles. The van der Waals surface area contributed by atoms with Crippen LogP contribution in [-0.2, 0) is 0 Å². The number of rotatable bonds is 4. The van der Waals surface area contributed by atoms with E-state index in [-0.39, 0.29) is 5.95 Å². The lowest BCUT2D eigenvalue weighted by molar-refractivity contribution is 0.813. The Labute approximate surface area is 148 Å². The first-order chi connectivity index (χ1) is 11.6. The van der Waals surface area contributed by atoms with Crippen LogP contribution in [0.15, 0.2) is 53.3 Å². The van der Waals surface area contributed by atoms with Crippen LogP contribution in [0, 0.1) is 6.92 Å². The summed E-state index contributed by atoms with van der Waals surface area (Å²) >= 11 is 12.3.